The standard InChI is InChI=1S/C24H33N5O5S/c1-34-16-15-28-24(31)29(20-8-9-20)22(25-28)19-5-4-12-26(17-19)23(30)18-6-10-21(11-7-18)35(32,33)27-13-2-3-14-27/h6-7,10-11,19-20H,2-5,8-9,12-17H2,1H3. The van der Waals surface area contributed by atoms with Gasteiger partial charge in [0.15, 0.2) is 0 Å². The lowest BCUT2D eigenvalue weighted by molar-refractivity contribution is 0.0703. The van der Waals surface area contributed by atoms with E-state index in [1.54, 1.807) is 24.1 Å². The molecule has 1 aromatic heterocycles. The Labute approximate surface area is 205 Å². The summed E-state index contributed by atoms with van der Waals surface area (Å²) in [4.78, 5) is 28.3. The van der Waals surface area contributed by atoms with E-state index in [2.05, 4.69) is 5.10 Å². The first kappa shape index (κ1) is 24.2. The van der Waals surface area contributed by atoms with Crippen molar-refractivity contribution >= 4 is 15.9 Å². The van der Waals surface area contributed by atoms with Crippen LogP contribution in [0.2, 0.25) is 0 Å². The zero-order valence-corrected chi connectivity index (χ0v) is 21.0. The van der Waals surface area contributed by atoms with Crippen molar-refractivity contribution in [3.05, 3.63) is 46.1 Å². The fraction of sp³-hybridized carbons (Fsp3) is 0.625. The van der Waals surface area contributed by atoms with Crippen molar-refractivity contribution in [3.63, 3.8) is 0 Å². The van der Waals surface area contributed by atoms with Gasteiger partial charge in [0.1, 0.15) is 5.82 Å². The predicted molar refractivity (Wildman–Crippen MR) is 129 cm³/mol. The van der Waals surface area contributed by atoms with Crippen LogP contribution in [0.1, 0.15) is 66.7 Å². The summed E-state index contributed by atoms with van der Waals surface area (Å²) in [6.45, 7) is 3.03. The minimum Gasteiger partial charge on any atom is -0.383 e. The monoisotopic (exact) mass is 503 g/mol. The van der Waals surface area contributed by atoms with Gasteiger partial charge in [-0.15, -0.1) is 0 Å². The summed E-state index contributed by atoms with van der Waals surface area (Å²) < 4.78 is 35.5. The summed E-state index contributed by atoms with van der Waals surface area (Å²) in [5.41, 5.74) is 0.369. The van der Waals surface area contributed by atoms with E-state index in [0.717, 1.165) is 44.3 Å². The fourth-order valence-corrected chi connectivity index (χ4v) is 6.63. The molecule has 1 unspecified atom stereocenters. The summed E-state index contributed by atoms with van der Waals surface area (Å²) in [6.07, 6.45) is 5.40. The van der Waals surface area contributed by atoms with Crippen LogP contribution in [-0.2, 0) is 21.3 Å². The average Bonchev–Trinajstić information content (AvgIpc) is 3.43. The SMILES string of the molecule is COCCn1nc(C2CCCN(C(=O)c3ccc(S(=O)(=O)N4CCCC4)cc3)C2)n(C2CC2)c1=O. The van der Waals surface area contributed by atoms with Crippen LogP contribution in [0.4, 0.5) is 0 Å². The molecule has 2 aromatic rings. The second-order valence-corrected chi connectivity index (χ2v) is 11.6. The van der Waals surface area contributed by atoms with Gasteiger partial charge in [-0.1, -0.05) is 0 Å². The van der Waals surface area contributed by atoms with Gasteiger partial charge in [-0.25, -0.2) is 17.9 Å². The fourth-order valence-electron chi connectivity index (χ4n) is 5.12. The molecule has 5 rings (SSSR count). The van der Waals surface area contributed by atoms with Crippen LogP contribution in [0.15, 0.2) is 34.0 Å². The minimum absolute atomic E-state index is 0.0142. The van der Waals surface area contributed by atoms with Crippen LogP contribution in [0.3, 0.4) is 0 Å². The van der Waals surface area contributed by atoms with E-state index >= 15 is 0 Å². The molecular formula is C24H33N5O5S. The lowest BCUT2D eigenvalue weighted by atomic mass is 9.96. The summed E-state index contributed by atoms with van der Waals surface area (Å²) in [6, 6.07) is 6.47. The molecule has 3 fully saturated rings. The van der Waals surface area contributed by atoms with Gasteiger partial charge >= 0.3 is 5.69 Å². The topological polar surface area (TPSA) is 107 Å². The molecule has 1 aromatic carbocycles. The van der Waals surface area contributed by atoms with E-state index in [9.17, 15) is 18.0 Å². The molecule has 1 atom stereocenters. The Balaban J connectivity index is 1.32. The molecule has 190 valence electrons. The predicted octanol–water partition coefficient (Wildman–Crippen LogP) is 1.83. The molecule has 3 heterocycles. The maximum Gasteiger partial charge on any atom is 0.346 e. The molecule has 0 radical (unpaired) electrons. The van der Waals surface area contributed by atoms with Crippen molar-refractivity contribution in [1.82, 2.24) is 23.6 Å². The third kappa shape index (κ3) is 4.81. The lowest BCUT2D eigenvalue weighted by Crippen LogP contribution is -2.40. The van der Waals surface area contributed by atoms with Crippen molar-refractivity contribution in [3.8, 4) is 0 Å². The van der Waals surface area contributed by atoms with E-state index in [0.29, 0.717) is 44.9 Å². The van der Waals surface area contributed by atoms with Crippen molar-refractivity contribution in [1.29, 1.82) is 0 Å². The average molecular weight is 504 g/mol. The number of benzene rings is 1. The first-order chi connectivity index (χ1) is 16.9. The molecule has 10 nitrogen and oxygen atoms in total. The number of amides is 1. The Hall–Kier alpha value is -2.50. The molecular weight excluding hydrogens is 470 g/mol. The second-order valence-electron chi connectivity index (χ2n) is 9.68. The molecule has 2 aliphatic heterocycles. The van der Waals surface area contributed by atoms with Crippen LogP contribution < -0.4 is 5.69 Å². The molecule has 1 saturated carbocycles. The Morgan fingerprint density at radius 2 is 1.77 bits per heavy atom. The van der Waals surface area contributed by atoms with Crippen LogP contribution in [0.5, 0.6) is 0 Å². The Morgan fingerprint density at radius 1 is 1.06 bits per heavy atom. The van der Waals surface area contributed by atoms with Crippen molar-refractivity contribution < 1.29 is 17.9 Å². The van der Waals surface area contributed by atoms with E-state index in [1.807, 2.05) is 4.57 Å². The third-order valence-electron chi connectivity index (χ3n) is 7.19. The summed E-state index contributed by atoms with van der Waals surface area (Å²) >= 11 is 0. The number of methoxy groups -OCH3 is 1. The quantitative estimate of drug-likeness (QED) is 0.544. The molecule has 2 saturated heterocycles. The van der Waals surface area contributed by atoms with Gasteiger partial charge in [0.25, 0.3) is 5.91 Å². The number of nitrogens with zero attached hydrogens (tertiary/aromatic N) is 5. The molecule has 0 spiro atoms. The summed E-state index contributed by atoms with van der Waals surface area (Å²) in [7, 11) is -1.91. The lowest BCUT2D eigenvalue weighted by Gasteiger charge is -2.32. The van der Waals surface area contributed by atoms with Gasteiger partial charge in [-0.05, 0) is 62.8 Å². The number of hydrogen-bond acceptors (Lipinski definition) is 6. The molecule has 0 bridgehead atoms. The molecule has 35 heavy (non-hydrogen) atoms. The van der Waals surface area contributed by atoms with Crippen LogP contribution in [0, 0.1) is 0 Å². The number of ether oxygens (including phenoxy) is 1. The molecule has 0 N–H and O–H groups in total. The smallest absolute Gasteiger partial charge is 0.346 e. The number of likely N-dealkylation sites (tertiary alicyclic amines) is 1. The van der Waals surface area contributed by atoms with Gasteiger partial charge in [-0.3, -0.25) is 9.36 Å². The zero-order valence-electron chi connectivity index (χ0n) is 20.1. The highest BCUT2D eigenvalue weighted by Crippen LogP contribution is 2.37. The number of hydrogen-bond donors (Lipinski definition) is 0. The largest absolute Gasteiger partial charge is 0.383 e. The third-order valence-corrected chi connectivity index (χ3v) is 9.11. The van der Waals surface area contributed by atoms with E-state index < -0.39 is 10.0 Å². The summed E-state index contributed by atoms with van der Waals surface area (Å²) in [5, 5.41) is 4.65. The van der Waals surface area contributed by atoms with E-state index in [4.69, 9.17) is 4.74 Å². The van der Waals surface area contributed by atoms with Crippen LogP contribution in [-0.4, -0.2) is 77.8 Å². The first-order valence-corrected chi connectivity index (χ1v) is 13.9. The van der Waals surface area contributed by atoms with Crippen molar-refractivity contribution in [2.24, 2.45) is 0 Å². The maximum absolute atomic E-state index is 13.3. The normalized spacial score (nSPS) is 21.5. The minimum atomic E-state index is -3.51. The molecule has 3 aliphatic rings. The Kier molecular flexibility index (Phi) is 6.82. The number of aromatic nitrogens is 3. The number of carbonyl (C=O) groups excluding carboxylic acids is 1. The first-order valence-electron chi connectivity index (χ1n) is 12.5. The molecule has 1 aliphatic carbocycles. The van der Waals surface area contributed by atoms with Crippen LogP contribution in [0.25, 0.3) is 0 Å². The number of rotatable bonds is 8. The Morgan fingerprint density at radius 3 is 2.43 bits per heavy atom. The molecule has 11 heteroatoms. The van der Waals surface area contributed by atoms with Gasteiger partial charge in [0.05, 0.1) is 18.0 Å². The number of piperidine rings is 1. The van der Waals surface area contributed by atoms with Crippen molar-refractivity contribution in [2.75, 3.05) is 39.9 Å². The second kappa shape index (κ2) is 9.87. The highest BCUT2D eigenvalue weighted by molar-refractivity contribution is 7.89. The zero-order chi connectivity index (χ0) is 24.6. The summed E-state index contributed by atoms with van der Waals surface area (Å²) in [5.74, 6) is 0.622. The van der Waals surface area contributed by atoms with Gasteiger partial charge in [0, 0.05) is 50.8 Å². The highest BCUT2D eigenvalue weighted by Gasteiger charge is 2.35. The number of carbonyl (C=O) groups is 1. The van der Waals surface area contributed by atoms with Gasteiger partial charge < -0.3 is 9.64 Å². The Bertz CT molecular complexity index is 1230. The number of sulfonamides is 1. The van der Waals surface area contributed by atoms with Crippen LogP contribution >= 0.6 is 0 Å². The highest BCUT2D eigenvalue weighted by atomic mass is 32.2. The van der Waals surface area contributed by atoms with Gasteiger partial charge in [-0.2, -0.15) is 9.40 Å². The molecule has 1 amide bonds. The van der Waals surface area contributed by atoms with E-state index in [1.165, 1.54) is 21.1 Å². The maximum atomic E-state index is 13.3. The van der Waals surface area contributed by atoms with Gasteiger partial charge in [0.2, 0.25) is 10.0 Å². The van der Waals surface area contributed by atoms with E-state index in [-0.39, 0.29) is 28.5 Å². The van der Waals surface area contributed by atoms with Crippen molar-refractivity contribution in [2.45, 2.75) is 61.9 Å².